The van der Waals surface area contributed by atoms with Gasteiger partial charge >= 0.3 is 0 Å². The average molecular weight is 356 g/mol. The highest BCUT2D eigenvalue weighted by molar-refractivity contribution is 14.1. The second-order valence-electron chi connectivity index (χ2n) is 5.57. The minimum absolute atomic E-state index is 0.798. The molecule has 3 rings (SSSR count). The molecule has 2 saturated heterocycles. The first-order chi connectivity index (χ1) is 8.74. The predicted molar refractivity (Wildman–Crippen MR) is 85.3 cm³/mol. The van der Waals surface area contributed by atoms with E-state index in [1.54, 1.807) is 0 Å². The van der Waals surface area contributed by atoms with Gasteiger partial charge in [0.25, 0.3) is 0 Å². The fourth-order valence-corrected chi connectivity index (χ4v) is 3.72. The Bertz CT molecular complexity index is 433. The fraction of sp³-hybridized carbons (Fsp3) is 0.600. The lowest BCUT2D eigenvalue weighted by Gasteiger charge is -2.27. The van der Waals surface area contributed by atoms with Crippen LogP contribution in [-0.4, -0.2) is 37.1 Å². The normalized spacial score (nSPS) is 25.0. The van der Waals surface area contributed by atoms with E-state index in [9.17, 15) is 0 Å². The standard InChI is InChI=1S/C15H21IN2/c1-12-5-6-13(10-15(12)16)18-9-3-8-17-7-2-4-14(17)11-18/h5-6,10,14H,2-4,7-9,11H2,1H3. The molecule has 1 aromatic carbocycles. The molecule has 0 spiro atoms. The van der Waals surface area contributed by atoms with Crippen molar-refractivity contribution in [2.24, 2.45) is 0 Å². The minimum atomic E-state index is 0.798. The van der Waals surface area contributed by atoms with E-state index < -0.39 is 0 Å². The summed E-state index contributed by atoms with van der Waals surface area (Å²) in [6.45, 7) is 7.24. The summed E-state index contributed by atoms with van der Waals surface area (Å²) in [7, 11) is 0. The summed E-state index contributed by atoms with van der Waals surface area (Å²) in [6, 6.07) is 7.70. The lowest BCUT2D eigenvalue weighted by Crippen LogP contribution is -2.36. The van der Waals surface area contributed by atoms with E-state index in [0.717, 1.165) is 6.04 Å². The highest BCUT2D eigenvalue weighted by atomic mass is 127. The molecule has 2 aliphatic heterocycles. The molecule has 0 aliphatic carbocycles. The van der Waals surface area contributed by atoms with E-state index >= 15 is 0 Å². The van der Waals surface area contributed by atoms with E-state index in [0.29, 0.717) is 0 Å². The zero-order chi connectivity index (χ0) is 12.5. The van der Waals surface area contributed by atoms with Crippen LogP contribution >= 0.6 is 22.6 Å². The molecule has 1 aromatic rings. The molecular formula is C15H21IN2. The number of fused-ring (bicyclic) bond motifs is 1. The lowest BCUT2D eigenvalue weighted by molar-refractivity contribution is 0.273. The molecule has 0 radical (unpaired) electrons. The van der Waals surface area contributed by atoms with Crippen molar-refractivity contribution < 1.29 is 0 Å². The average Bonchev–Trinajstić information content (AvgIpc) is 2.70. The summed E-state index contributed by atoms with van der Waals surface area (Å²) in [5.41, 5.74) is 2.80. The molecule has 98 valence electrons. The molecule has 0 aromatic heterocycles. The third-order valence-electron chi connectivity index (χ3n) is 4.32. The molecule has 0 amide bonds. The molecule has 2 heterocycles. The Morgan fingerprint density at radius 1 is 1.17 bits per heavy atom. The van der Waals surface area contributed by atoms with Gasteiger partial charge in [-0.1, -0.05) is 6.07 Å². The maximum Gasteiger partial charge on any atom is 0.0377 e. The van der Waals surface area contributed by atoms with Gasteiger partial charge in [0, 0.05) is 34.9 Å². The first-order valence-corrected chi connectivity index (χ1v) is 8.07. The van der Waals surface area contributed by atoms with Gasteiger partial charge in [0.2, 0.25) is 0 Å². The Kier molecular flexibility index (Phi) is 3.80. The number of nitrogens with zero attached hydrogens (tertiary/aromatic N) is 2. The summed E-state index contributed by atoms with van der Waals surface area (Å²) in [5.74, 6) is 0. The molecule has 2 nitrogen and oxygen atoms in total. The Hall–Kier alpha value is -0.290. The van der Waals surface area contributed by atoms with Gasteiger partial charge in [0.15, 0.2) is 0 Å². The maximum atomic E-state index is 2.69. The van der Waals surface area contributed by atoms with Gasteiger partial charge in [0.05, 0.1) is 0 Å². The zero-order valence-electron chi connectivity index (χ0n) is 11.0. The van der Waals surface area contributed by atoms with Crippen LogP contribution in [0.2, 0.25) is 0 Å². The number of hydrogen-bond donors (Lipinski definition) is 0. The Morgan fingerprint density at radius 3 is 2.83 bits per heavy atom. The van der Waals surface area contributed by atoms with Crippen LogP contribution in [0.3, 0.4) is 0 Å². The molecule has 3 heteroatoms. The fourth-order valence-electron chi connectivity index (χ4n) is 3.22. The molecule has 0 saturated carbocycles. The van der Waals surface area contributed by atoms with E-state index in [2.05, 4.69) is 57.5 Å². The predicted octanol–water partition coefficient (Wildman–Crippen LogP) is 3.27. The summed E-state index contributed by atoms with van der Waals surface area (Å²) >= 11 is 2.45. The van der Waals surface area contributed by atoms with Gasteiger partial charge < -0.3 is 4.90 Å². The molecule has 0 N–H and O–H groups in total. The summed E-state index contributed by atoms with van der Waals surface area (Å²) in [6.07, 6.45) is 4.09. The minimum Gasteiger partial charge on any atom is -0.370 e. The summed E-state index contributed by atoms with van der Waals surface area (Å²) in [4.78, 5) is 5.29. The van der Waals surface area contributed by atoms with Gasteiger partial charge in [0.1, 0.15) is 0 Å². The van der Waals surface area contributed by atoms with E-state index in [4.69, 9.17) is 0 Å². The Morgan fingerprint density at radius 2 is 2.00 bits per heavy atom. The Balaban J connectivity index is 1.80. The van der Waals surface area contributed by atoms with E-state index in [1.165, 1.54) is 60.3 Å². The topological polar surface area (TPSA) is 6.48 Å². The molecule has 18 heavy (non-hydrogen) atoms. The SMILES string of the molecule is Cc1ccc(N2CCCN3CCCC3C2)cc1I. The van der Waals surface area contributed by atoms with Crippen molar-refractivity contribution in [2.45, 2.75) is 32.2 Å². The van der Waals surface area contributed by atoms with Crippen LogP contribution in [0, 0.1) is 10.5 Å². The number of benzene rings is 1. The molecule has 0 bridgehead atoms. The van der Waals surface area contributed by atoms with Gasteiger partial charge in [-0.2, -0.15) is 0 Å². The van der Waals surface area contributed by atoms with Gasteiger partial charge in [-0.25, -0.2) is 0 Å². The molecule has 1 atom stereocenters. The number of halogens is 1. The quantitative estimate of drug-likeness (QED) is 0.713. The molecular weight excluding hydrogens is 335 g/mol. The number of hydrogen-bond acceptors (Lipinski definition) is 2. The second-order valence-corrected chi connectivity index (χ2v) is 6.73. The van der Waals surface area contributed by atoms with Gasteiger partial charge in [-0.3, -0.25) is 4.90 Å². The van der Waals surface area contributed by atoms with Crippen molar-refractivity contribution in [1.29, 1.82) is 0 Å². The van der Waals surface area contributed by atoms with Crippen LogP contribution in [0.4, 0.5) is 5.69 Å². The third-order valence-corrected chi connectivity index (χ3v) is 5.49. The van der Waals surface area contributed by atoms with Crippen molar-refractivity contribution in [1.82, 2.24) is 4.90 Å². The van der Waals surface area contributed by atoms with Crippen LogP contribution in [0.15, 0.2) is 18.2 Å². The van der Waals surface area contributed by atoms with Crippen molar-refractivity contribution in [2.75, 3.05) is 31.1 Å². The highest BCUT2D eigenvalue weighted by Gasteiger charge is 2.28. The van der Waals surface area contributed by atoms with Crippen LogP contribution in [0.5, 0.6) is 0 Å². The second kappa shape index (κ2) is 5.37. The van der Waals surface area contributed by atoms with E-state index in [1.807, 2.05) is 0 Å². The zero-order valence-corrected chi connectivity index (χ0v) is 13.2. The molecule has 2 fully saturated rings. The number of rotatable bonds is 1. The number of aryl methyl sites for hydroxylation is 1. The number of anilines is 1. The van der Waals surface area contributed by atoms with Crippen molar-refractivity contribution in [3.05, 3.63) is 27.3 Å². The largest absolute Gasteiger partial charge is 0.370 e. The maximum absolute atomic E-state index is 2.69. The van der Waals surface area contributed by atoms with Crippen molar-refractivity contribution >= 4 is 28.3 Å². The Labute approximate surface area is 123 Å². The van der Waals surface area contributed by atoms with Crippen LogP contribution in [0.1, 0.15) is 24.8 Å². The summed E-state index contributed by atoms with van der Waals surface area (Å²) in [5, 5.41) is 0. The third kappa shape index (κ3) is 2.52. The summed E-state index contributed by atoms with van der Waals surface area (Å²) < 4.78 is 1.39. The van der Waals surface area contributed by atoms with Crippen LogP contribution in [-0.2, 0) is 0 Å². The van der Waals surface area contributed by atoms with Crippen LogP contribution in [0.25, 0.3) is 0 Å². The first-order valence-electron chi connectivity index (χ1n) is 6.99. The van der Waals surface area contributed by atoms with Crippen molar-refractivity contribution in [3.63, 3.8) is 0 Å². The molecule has 2 aliphatic rings. The lowest BCUT2D eigenvalue weighted by atomic mass is 10.1. The van der Waals surface area contributed by atoms with Crippen LogP contribution < -0.4 is 4.90 Å². The molecule has 1 unspecified atom stereocenters. The van der Waals surface area contributed by atoms with E-state index in [-0.39, 0.29) is 0 Å². The smallest absolute Gasteiger partial charge is 0.0377 e. The first kappa shape index (κ1) is 12.7. The van der Waals surface area contributed by atoms with Gasteiger partial charge in [-0.05, 0) is 73.0 Å². The monoisotopic (exact) mass is 356 g/mol. The van der Waals surface area contributed by atoms with Crippen molar-refractivity contribution in [3.8, 4) is 0 Å². The van der Waals surface area contributed by atoms with Gasteiger partial charge in [-0.15, -0.1) is 0 Å². The highest BCUT2D eigenvalue weighted by Crippen LogP contribution is 2.26.